The van der Waals surface area contributed by atoms with Gasteiger partial charge in [-0.2, -0.15) is 4.98 Å². The molecule has 0 bridgehead atoms. The molecule has 3 rings (SSSR count). The Labute approximate surface area is 124 Å². The number of hydrogen-bond acceptors (Lipinski definition) is 5. The van der Waals surface area contributed by atoms with Crippen molar-refractivity contribution in [3.8, 4) is 17.1 Å². The molecule has 21 heavy (non-hydrogen) atoms. The van der Waals surface area contributed by atoms with Gasteiger partial charge in [0.2, 0.25) is 11.7 Å². The molecule has 1 saturated heterocycles. The first kappa shape index (κ1) is 14.1. The summed E-state index contributed by atoms with van der Waals surface area (Å²) >= 11 is 0. The number of piperidine rings is 1. The van der Waals surface area contributed by atoms with Crippen molar-refractivity contribution >= 4 is 0 Å². The number of nitrogens with one attached hydrogen (secondary N) is 1. The van der Waals surface area contributed by atoms with Crippen molar-refractivity contribution < 1.29 is 9.26 Å². The van der Waals surface area contributed by atoms with Gasteiger partial charge in [-0.3, -0.25) is 0 Å². The molecule has 1 aromatic heterocycles. The molecular formula is C16H21N3O2. The minimum absolute atomic E-state index is 0.334. The summed E-state index contributed by atoms with van der Waals surface area (Å²) in [6.07, 6.45) is 2.26. The van der Waals surface area contributed by atoms with E-state index in [0.29, 0.717) is 11.7 Å². The van der Waals surface area contributed by atoms with Crippen LogP contribution in [0.15, 0.2) is 16.7 Å². The zero-order valence-electron chi connectivity index (χ0n) is 12.8. The summed E-state index contributed by atoms with van der Waals surface area (Å²) in [5.74, 6) is 2.65. The average Bonchev–Trinajstić information content (AvgIpc) is 2.97. The van der Waals surface area contributed by atoms with Crippen LogP contribution in [0, 0.1) is 13.8 Å². The summed E-state index contributed by atoms with van der Waals surface area (Å²) in [7, 11) is 1.69. The summed E-state index contributed by atoms with van der Waals surface area (Å²) in [6, 6.07) is 4.08. The first-order chi connectivity index (χ1) is 10.2. The lowest BCUT2D eigenvalue weighted by Gasteiger charge is -2.18. The number of aromatic nitrogens is 2. The molecule has 5 heteroatoms. The van der Waals surface area contributed by atoms with Crippen LogP contribution in [-0.4, -0.2) is 30.3 Å². The Morgan fingerprint density at radius 1 is 1.29 bits per heavy atom. The Kier molecular flexibility index (Phi) is 3.92. The SMILES string of the molecule is COc1c(C)cc(-c2noc([C@@H]3CCCNC3)n2)cc1C. The highest BCUT2D eigenvalue weighted by Gasteiger charge is 2.22. The third-order valence-corrected chi connectivity index (χ3v) is 4.01. The quantitative estimate of drug-likeness (QED) is 0.940. The van der Waals surface area contributed by atoms with Gasteiger partial charge in [-0.15, -0.1) is 0 Å². The fraction of sp³-hybridized carbons (Fsp3) is 0.500. The Morgan fingerprint density at radius 2 is 2.05 bits per heavy atom. The van der Waals surface area contributed by atoms with Crippen LogP contribution in [0.2, 0.25) is 0 Å². The van der Waals surface area contributed by atoms with Gasteiger partial charge in [0.05, 0.1) is 13.0 Å². The van der Waals surface area contributed by atoms with Crippen LogP contribution in [0.3, 0.4) is 0 Å². The highest BCUT2D eigenvalue weighted by molar-refractivity contribution is 5.61. The minimum atomic E-state index is 0.334. The van der Waals surface area contributed by atoms with Gasteiger partial charge in [0.1, 0.15) is 5.75 Å². The zero-order chi connectivity index (χ0) is 14.8. The van der Waals surface area contributed by atoms with Gasteiger partial charge in [-0.05, 0) is 56.5 Å². The number of methoxy groups -OCH3 is 1. The van der Waals surface area contributed by atoms with Crippen LogP contribution < -0.4 is 10.1 Å². The van der Waals surface area contributed by atoms with Crippen molar-refractivity contribution in [3.63, 3.8) is 0 Å². The summed E-state index contributed by atoms with van der Waals surface area (Å²) in [4.78, 5) is 4.58. The fourth-order valence-electron chi connectivity index (χ4n) is 2.98. The van der Waals surface area contributed by atoms with Crippen molar-refractivity contribution in [2.24, 2.45) is 0 Å². The number of hydrogen-bond donors (Lipinski definition) is 1. The molecule has 0 saturated carbocycles. The molecule has 2 heterocycles. The maximum Gasteiger partial charge on any atom is 0.231 e. The number of rotatable bonds is 3. The van der Waals surface area contributed by atoms with Crippen LogP contribution in [0.25, 0.3) is 11.4 Å². The monoisotopic (exact) mass is 287 g/mol. The van der Waals surface area contributed by atoms with Gasteiger partial charge < -0.3 is 14.6 Å². The Hall–Kier alpha value is -1.88. The van der Waals surface area contributed by atoms with Crippen molar-refractivity contribution in [1.82, 2.24) is 15.5 Å². The standard InChI is InChI=1S/C16H21N3O2/c1-10-7-13(8-11(2)14(10)20-3)15-18-16(21-19-15)12-5-4-6-17-9-12/h7-8,12,17H,4-6,9H2,1-3H3/t12-/m1/s1. The zero-order valence-corrected chi connectivity index (χ0v) is 12.8. The molecule has 1 atom stereocenters. The number of benzene rings is 1. The van der Waals surface area contributed by atoms with Gasteiger partial charge in [0, 0.05) is 12.1 Å². The smallest absolute Gasteiger partial charge is 0.231 e. The van der Waals surface area contributed by atoms with Gasteiger partial charge >= 0.3 is 0 Å². The summed E-state index contributed by atoms with van der Waals surface area (Å²) in [6.45, 7) is 6.05. The number of ether oxygens (including phenoxy) is 1. The molecule has 0 amide bonds. The van der Waals surface area contributed by atoms with E-state index in [1.165, 1.54) is 0 Å². The lowest BCUT2D eigenvalue weighted by Crippen LogP contribution is -2.28. The van der Waals surface area contributed by atoms with E-state index in [2.05, 4.69) is 15.5 Å². The molecule has 0 aliphatic carbocycles. The second-order valence-corrected chi connectivity index (χ2v) is 5.64. The van der Waals surface area contributed by atoms with E-state index < -0.39 is 0 Å². The Morgan fingerprint density at radius 3 is 2.67 bits per heavy atom. The number of nitrogens with zero attached hydrogens (tertiary/aromatic N) is 2. The molecule has 112 valence electrons. The topological polar surface area (TPSA) is 60.2 Å². The van der Waals surface area contributed by atoms with Crippen LogP contribution in [0.5, 0.6) is 5.75 Å². The van der Waals surface area contributed by atoms with Crippen molar-refractivity contribution in [2.75, 3.05) is 20.2 Å². The highest BCUT2D eigenvalue weighted by Crippen LogP contribution is 2.30. The normalized spacial score (nSPS) is 18.7. The molecule has 1 N–H and O–H groups in total. The molecular weight excluding hydrogens is 266 g/mol. The van der Waals surface area contributed by atoms with Gasteiger partial charge in [0.25, 0.3) is 0 Å². The predicted octanol–water partition coefficient (Wildman–Crippen LogP) is 2.83. The van der Waals surface area contributed by atoms with Crippen molar-refractivity contribution in [2.45, 2.75) is 32.6 Å². The highest BCUT2D eigenvalue weighted by atomic mass is 16.5. The van der Waals surface area contributed by atoms with Crippen molar-refractivity contribution in [3.05, 3.63) is 29.2 Å². The maximum atomic E-state index is 5.46. The minimum Gasteiger partial charge on any atom is -0.496 e. The third-order valence-electron chi connectivity index (χ3n) is 4.01. The van der Waals surface area contributed by atoms with E-state index in [4.69, 9.17) is 9.26 Å². The predicted molar refractivity (Wildman–Crippen MR) is 80.6 cm³/mol. The van der Waals surface area contributed by atoms with E-state index in [0.717, 1.165) is 54.3 Å². The van der Waals surface area contributed by atoms with Crippen LogP contribution >= 0.6 is 0 Å². The first-order valence-corrected chi connectivity index (χ1v) is 7.39. The summed E-state index contributed by atoms with van der Waals surface area (Å²) in [5, 5.41) is 7.52. The van der Waals surface area contributed by atoms with Crippen LogP contribution in [0.1, 0.15) is 35.8 Å². The first-order valence-electron chi connectivity index (χ1n) is 7.39. The summed E-state index contributed by atoms with van der Waals surface area (Å²) in [5.41, 5.74) is 3.14. The van der Waals surface area contributed by atoms with E-state index >= 15 is 0 Å². The molecule has 1 aromatic carbocycles. The summed E-state index contributed by atoms with van der Waals surface area (Å²) < 4.78 is 10.9. The van der Waals surface area contributed by atoms with Gasteiger partial charge in [0.15, 0.2) is 0 Å². The largest absolute Gasteiger partial charge is 0.496 e. The number of aryl methyl sites for hydroxylation is 2. The molecule has 1 aliphatic heterocycles. The second-order valence-electron chi connectivity index (χ2n) is 5.64. The molecule has 1 aliphatic rings. The fourth-order valence-corrected chi connectivity index (χ4v) is 2.98. The Bertz CT molecular complexity index is 607. The van der Waals surface area contributed by atoms with E-state index in [1.54, 1.807) is 7.11 Å². The average molecular weight is 287 g/mol. The maximum absolute atomic E-state index is 5.46. The van der Waals surface area contributed by atoms with Gasteiger partial charge in [-0.1, -0.05) is 5.16 Å². The molecule has 5 nitrogen and oxygen atoms in total. The second kappa shape index (κ2) is 5.85. The van der Waals surface area contributed by atoms with Gasteiger partial charge in [-0.25, -0.2) is 0 Å². The van der Waals surface area contributed by atoms with Crippen LogP contribution in [-0.2, 0) is 0 Å². The molecule has 0 spiro atoms. The van der Waals surface area contributed by atoms with E-state index in [9.17, 15) is 0 Å². The van der Waals surface area contributed by atoms with E-state index in [1.807, 2.05) is 26.0 Å². The molecule has 2 aromatic rings. The Balaban J connectivity index is 1.89. The lowest BCUT2D eigenvalue weighted by molar-refractivity contribution is 0.322. The third kappa shape index (κ3) is 2.78. The molecule has 1 fully saturated rings. The van der Waals surface area contributed by atoms with Crippen LogP contribution in [0.4, 0.5) is 0 Å². The molecule has 0 radical (unpaired) electrons. The van der Waals surface area contributed by atoms with E-state index in [-0.39, 0.29) is 0 Å². The molecule has 0 unspecified atom stereocenters. The van der Waals surface area contributed by atoms with Crippen molar-refractivity contribution in [1.29, 1.82) is 0 Å². The lowest BCUT2D eigenvalue weighted by atomic mass is 10.00.